The summed E-state index contributed by atoms with van der Waals surface area (Å²) in [6.07, 6.45) is 0. The van der Waals surface area contributed by atoms with Crippen molar-refractivity contribution in [1.82, 2.24) is 20.5 Å². The van der Waals surface area contributed by atoms with Crippen molar-refractivity contribution < 1.29 is 9.53 Å². The Balaban J connectivity index is 0.00000242. The van der Waals surface area contributed by atoms with Crippen molar-refractivity contribution in [3.05, 3.63) is 30.1 Å². The Bertz CT molecular complexity index is 600. The third-order valence-corrected chi connectivity index (χ3v) is 3.11. The molecule has 0 saturated carbocycles. The monoisotopic (exact) mass is 325 g/mol. The molecule has 2 aromatic rings. The van der Waals surface area contributed by atoms with Gasteiger partial charge in [-0.15, -0.1) is 12.4 Å². The van der Waals surface area contributed by atoms with Crippen molar-refractivity contribution >= 4 is 18.3 Å². The van der Waals surface area contributed by atoms with Crippen LogP contribution in [-0.4, -0.2) is 34.7 Å². The predicted molar refractivity (Wildman–Crippen MR) is 85.7 cm³/mol. The fourth-order valence-corrected chi connectivity index (χ4v) is 1.70. The zero-order valence-corrected chi connectivity index (χ0v) is 13.3. The molecule has 22 heavy (non-hydrogen) atoms. The Morgan fingerprint density at radius 2 is 2.09 bits per heavy atom. The summed E-state index contributed by atoms with van der Waals surface area (Å²) in [4.78, 5) is 16.0. The third-order valence-electron chi connectivity index (χ3n) is 3.11. The first-order valence-electron chi connectivity index (χ1n) is 6.67. The summed E-state index contributed by atoms with van der Waals surface area (Å²) in [6.45, 7) is 2.39. The molecular weight excluding hydrogens is 306 g/mol. The molecule has 0 radical (unpaired) electrons. The molecule has 1 aromatic heterocycles. The van der Waals surface area contributed by atoms with Crippen LogP contribution in [0, 0.1) is 5.92 Å². The van der Waals surface area contributed by atoms with Gasteiger partial charge in [0.25, 0.3) is 0 Å². The lowest BCUT2D eigenvalue weighted by Crippen LogP contribution is -2.33. The van der Waals surface area contributed by atoms with Gasteiger partial charge in [-0.25, -0.2) is 4.98 Å². The van der Waals surface area contributed by atoms with Gasteiger partial charge in [0.1, 0.15) is 11.6 Å². The number of carbonyl (C=O) groups excluding carboxylic acids is 1. The largest absolute Gasteiger partial charge is 0.497 e. The summed E-state index contributed by atoms with van der Waals surface area (Å²) in [6, 6.07) is 7.44. The highest BCUT2D eigenvalue weighted by molar-refractivity contribution is 5.85. The average Bonchev–Trinajstić information content (AvgIpc) is 3.00. The maximum Gasteiger partial charge on any atom is 0.224 e. The molecule has 2 rings (SSSR count). The van der Waals surface area contributed by atoms with Crippen LogP contribution in [0.3, 0.4) is 0 Å². The molecule has 1 atom stereocenters. The highest BCUT2D eigenvalue weighted by atomic mass is 35.5. The molecule has 7 nitrogen and oxygen atoms in total. The van der Waals surface area contributed by atoms with E-state index in [1.54, 1.807) is 14.0 Å². The van der Waals surface area contributed by atoms with Crippen LogP contribution in [0.15, 0.2) is 24.3 Å². The summed E-state index contributed by atoms with van der Waals surface area (Å²) in [5.74, 6) is 1.64. The van der Waals surface area contributed by atoms with E-state index in [1.807, 2.05) is 24.3 Å². The SMILES string of the molecule is COc1ccc(-c2n[nH]c(CNC(=O)C(C)CN)n2)cc1.Cl. The number of nitrogens with two attached hydrogens (primary N) is 1. The molecule has 1 unspecified atom stereocenters. The molecule has 0 aliphatic heterocycles. The van der Waals surface area contributed by atoms with Gasteiger partial charge in [-0.1, -0.05) is 6.92 Å². The van der Waals surface area contributed by atoms with E-state index in [0.29, 0.717) is 24.7 Å². The second-order valence-electron chi connectivity index (χ2n) is 4.69. The summed E-state index contributed by atoms with van der Waals surface area (Å²) in [5.41, 5.74) is 6.31. The Kier molecular flexibility index (Phi) is 6.81. The number of halogens is 1. The Morgan fingerprint density at radius 1 is 1.41 bits per heavy atom. The Morgan fingerprint density at radius 3 is 2.68 bits per heavy atom. The molecule has 1 heterocycles. The van der Waals surface area contributed by atoms with Crippen molar-refractivity contribution in [3.8, 4) is 17.1 Å². The quantitative estimate of drug-likeness (QED) is 0.737. The van der Waals surface area contributed by atoms with Crippen LogP contribution in [0.25, 0.3) is 11.4 Å². The van der Waals surface area contributed by atoms with Gasteiger partial charge in [-0.2, -0.15) is 5.10 Å². The van der Waals surface area contributed by atoms with Crippen LogP contribution in [-0.2, 0) is 11.3 Å². The van der Waals surface area contributed by atoms with Crippen molar-refractivity contribution in [1.29, 1.82) is 0 Å². The maximum absolute atomic E-state index is 11.6. The number of nitrogens with one attached hydrogen (secondary N) is 2. The molecule has 0 fully saturated rings. The van der Waals surface area contributed by atoms with Crippen molar-refractivity contribution in [2.45, 2.75) is 13.5 Å². The lowest BCUT2D eigenvalue weighted by Gasteiger charge is -2.07. The molecule has 0 bridgehead atoms. The standard InChI is InChI=1S/C14H19N5O2.ClH/c1-9(7-15)14(20)16-8-12-17-13(19-18-12)10-3-5-11(21-2)6-4-10;/h3-6,9H,7-8,15H2,1-2H3,(H,16,20)(H,17,18,19);1H. The minimum Gasteiger partial charge on any atom is -0.497 e. The number of rotatable bonds is 6. The lowest BCUT2D eigenvalue weighted by atomic mass is 10.2. The van der Waals surface area contributed by atoms with Gasteiger partial charge in [0.2, 0.25) is 5.91 Å². The second kappa shape index (κ2) is 8.35. The summed E-state index contributed by atoms with van der Waals surface area (Å²) < 4.78 is 5.10. The van der Waals surface area contributed by atoms with E-state index < -0.39 is 0 Å². The molecule has 0 aliphatic carbocycles. The molecule has 1 amide bonds. The van der Waals surface area contributed by atoms with Gasteiger partial charge in [0, 0.05) is 18.0 Å². The Labute approximate surface area is 135 Å². The molecule has 120 valence electrons. The fraction of sp³-hybridized carbons (Fsp3) is 0.357. The normalized spacial score (nSPS) is 11.4. The highest BCUT2D eigenvalue weighted by Gasteiger charge is 2.11. The van der Waals surface area contributed by atoms with E-state index in [2.05, 4.69) is 20.5 Å². The van der Waals surface area contributed by atoms with Crippen LogP contribution >= 0.6 is 12.4 Å². The van der Waals surface area contributed by atoms with Crippen molar-refractivity contribution in [2.24, 2.45) is 11.7 Å². The smallest absolute Gasteiger partial charge is 0.224 e. The molecule has 0 spiro atoms. The zero-order valence-electron chi connectivity index (χ0n) is 12.5. The predicted octanol–water partition coefficient (Wildman–Crippen LogP) is 1.11. The van der Waals surface area contributed by atoms with Crippen LogP contribution in [0.1, 0.15) is 12.7 Å². The van der Waals surface area contributed by atoms with Crippen LogP contribution in [0.5, 0.6) is 5.75 Å². The number of hydrogen-bond acceptors (Lipinski definition) is 5. The van der Waals surface area contributed by atoms with Crippen molar-refractivity contribution in [3.63, 3.8) is 0 Å². The number of carbonyl (C=O) groups is 1. The first-order valence-corrected chi connectivity index (χ1v) is 6.67. The van der Waals surface area contributed by atoms with Crippen molar-refractivity contribution in [2.75, 3.05) is 13.7 Å². The van der Waals surface area contributed by atoms with Gasteiger partial charge >= 0.3 is 0 Å². The number of ether oxygens (including phenoxy) is 1. The van der Waals surface area contributed by atoms with E-state index in [-0.39, 0.29) is 24.2 Å². The number of benzene rings is 1. The molecule has 0 saturated heterocycles. The number of aromatic nitrogens is 3. The van der Waals surface area contributed by atoms with E-state index in [0.717, 1.165) is 11.3 Å². The van der Waals surface area contributed by atoms with E-state index in [4.69, 9.17) is 10.5 Å². The minimum atomic E-state index is -0.214. The van der Waals surface area contributed by atoms with Gasteiger partial charge in [-0.3, -0.25) is 9.89 Å². The molecule has 8 heteroatoms. The number of methoxy groups -OCH3 is 1. The fourth-order valence-electron chi connectivity index (χ4n) is 1.70. The number of hydrogen-bond donors (Lipinski definition) is 3. The molecule has 4 N–H and O–H groups in total. The topological polar surface area (TPSA) is 106 Å². The van der Waals surface area contributed by atoms with Crippen LogP contribution in [0.4, 0.5) is 0 Å². The van der Waals surface area contributed by atoms with Gasteiger partial charge < -0.3 is 15.8 Å². The minimum absolute atomic E-state index is 0. The van der Waals surface area contributed by atoms with E-state index >= 15 is 0 Å². The molecule has 0 aliphatic rings. The number of aromatic amines is 1. The van der Waals surface area contributed by atoms with Crippen LogP contribution in [0.2, 0.25) is 0 Å². The first-order chi connectivity index (χ1) is 10.1. The average molecular weight is 326 g/mol. The van der Waals surface area contributed by atoms with Crippen LogP contribution < -0.4 is 15.8 Å². The van der Waals surface area contributed by atoms with Gasteiger partial charge in [0.05, 0.1) is 13.7 Å². The van der Waals surface area contributed by atoms with Gasteiger partial charge in [-0.05, 0) is 24.3 Å². The summed E-state index contributed by atoms with van der Waals surface area (Å²) in [7, 11) is 1.62. The molecular formula is C14H20ClN5O2. The maximum atomic E-state index is 11.6. The third kappa shape index (κ3) is 4.44. The number of nitrogens with zero attached hydrogens (tertiary/aromatic N) is 2. The highest BCUT2D eigenvalue weighted by Crippen LogP contribution is 2.18. The summed E-state index contributed by atoms with van der Waals surface area (Å²) >= 11 is 0. The second-order valence-corrected chi connectivity index (χ2v) is 4.69. The van der Waals surface area contributed by atoms with E-state index in [9.17, 15) is 4.79 Å². The van der Waals surface area contributed by atoms with Gasteiger partial charge in [0.15, 0.2) is 5.82 Å². The number of amides is 1. The first kappa shape index (κ1) is 17.9. The molecule has 1 aromatic carbocycles. The number of H-pyrrole nitrogens is 1. The lowest BCUT2D eigenvalue weighted by molar-refractivity contribution is -0.124. The zero-order chi connectivity index (χ0) is 15.2. The van der Waals surface area contributed by atoms with E-state index in [1.165, 1.54) is 0 Å². The summed E-state index contributed by atoms with van der Waals surface area (Å²) in [5, 5.41) is 9.70. The Hall–Kier alpha value is -2.12.